The van der Waals surface area contributed by atoms with E-state index in [0.717, 1.165) is 5.56 Å². The third-order valence-electron chi connectivity index (χ3n) is 5.09. The Hall–Kier alpha value is -3.30. The minimum atomic E-state index is -0.448. The molecule has 2 aromatic rings. The number of carbonyl (C=O) groups is 2. The molecule has 0 aliphatic carbocycles. The molecule has 0 spiro atoms. The van der Waals surface area contributed by atoms with Crippen molar-refractivity contribution in [2.24, 2.45) is 0 Å². The van der Waals surface area contributed by atoms with Gasteiger partial charge in [-0.25, -0.2) is 14.8 Å². The first-order valence-electron chi connectivity index (χ1n) is 10.7. The number of ether oxygens (including phenoxy) is 1. The molecule has 1 atom stereocenters. The number of hydrogen-bond acceptors (Lipinski definition) is 8. The number of aliphatic hydroxyl groups excluding tert-OH is 1. The van der Waals surface area contributed by atoms with E-state index in [2.05, 4.69) is 20.2 Å². The molecular weight excluding hydrogens is 410 g/mol. The summed E-state index contributed by atoms with van der Waals surface area (Å²) in [5.74, 6) is -0.0423. The molecule has 170 valence electrons. The zero-order chi connectivity index (χ0) is 22.8. The Labute approximate surface area is 187 Å². The monoisotopic (exact) mass is 439 g/mol. The number of anilines is 1. The second-order valence-corrected chi connectivity index (χ2v) is 7.24. The smallest absolute Gasteiger partial charge is 0.341 e. The molecule has 1 aromatic carbocycles. The molecule has 1 saturated heterocycles. The van der Waals surface area contributed by atoms with Crippen molar-refractivity contribution in [2.75, 3.05) is 50.8 Å². The normalized spacial score (nSPS) is 15.5. The zero-order valence-electron chi connectivity index (χ0n) is 18.2. The third-order valence-corrected chi connectivity index (χ3v) is 5.09. The largest absolute Gasteiger partial charge is 0.462 e. The second kappa shape index (κ2) is 11.9. The number of carbonyl (C=O) groups excluding carboxylic acids is 2. The van der Waals surface area contributed by atoms with Gasteiger partial charge >= 0.3 is 5.97 Å². The fourth-order valence-electron chi connectivity index (χ4n) is 3.43. The van der Waals surface area contributed by atoms with Crippen LogP contribution in [0.3, 0.4) is 0 Å². The minimum absolute atomic E-state index is 0.103. The molecular formula is C23H29N5O4. The first kappa shape index (κ1) is 23.4. The second-order valence-electron chi connectivity index (χ2n) is 7.24. The topological polar surface area (TPSA) is 108 Å². The van der Waals surface area contributed by atoms with Crippen LogP contribution in [-0.2, 0) is 9.53 Å². The lowest BCUT2D eigenvalue weighted by Gasteiger charge is -2.37. The van der Waals surface area contributed by atoms with Gasteiger partial charge in [0.15, 0.2) is 0 Å². The maximum absolute atomic E-state index is 12.7. The number of aliphatic hydroxyl groups is 1. The van der Waals surface area contributed by atoms with E-state index in [1.54, 1.807) is 6.92 Å². The van der Waals surface area contributed by atoms with Crippen molar-refractivity contribution in [1.29, 1.82) is 0 Å². The summed E-state index contributed by atoms with van der Waals surface area (Å²) in [4.78, 5) is 37.2. The van der Waals surface area contributed by atoms with E-state index in [0.29, 0.717) is 44.3 Å². The van der Waals surface area contributed by atoms with Crippen LogP contribution in [0.5, 0.6) is 0 Å². The molecule has 1 fully saturated rings. The van der Waals surface area contributed by atoms with Crippen molar-refractivity contribution in [3.8, 4) is 0 Å². The van der Waals surface area contributed by atoms with Gasteiger partial charge in [0.05, 0.1) is 18.8 Å². The van der Waals surface area contributed by atoms with Crippen molar-refractivity contribution in [3.63, 3.8) is 0 Å². The lowest BCUT2D eigenvalue weighted by atomic mass is 10.1. The lowest BCUT2D eigenvalue weighted by molar-refractivity contribution is -0.125. The highest BCUT2D eigenvalue weighted by Crippen LogP contribution is 2.15. The molecule has 3 rings (SSSR count). The quantitative estimate of drug-likeness (QED) is 0.557. The van der Waals surface area contributed by atoms with Gasteiger partial charge in [0.25, 0.3) is 0 Å². The fraction of sp³-hybridized carbons (Fsp3) is 0.391. The summed E-state index contributed by atoms with van der Waals surface area (Å²) >= 11 is 0. The number of piperazine rings is 1. The molecule has 1 unspecified atom stereocenters. The van der Waals surface area contributed by atoms with Gasteiger partial charge in [0, 0.05) is 45.1 Å². The van der Waals surface area contributed by atoms with Crippen molar-refractivity contribution < 1.29 is 19.4 Å². The van der Waals surface area contributed by atoms with Crippen LogP contribution >= 0.6 is 0 Å². The number of nitrogens with one attached hydrogen (secondary N) is 1. The minimum Gasteiger partial charge on any atom is -0.462 e. The predicted molar refractivity (Wildman–Crippen MR) is 121 cm³/mol. The third kappa shape index (κ3) is 6.35. The van der Waals surface area contributed by atoms with Gasteiger partial charge in [-0.3, -0.25) is 9.69 Å². The maximum Gasteiger partial charge on any atom is 0.341 e. The summed E-state index contributed by atoms with van der Waals surface area (Å²) in [5, 5.41) is 11.8. The van der Waals surface area contributed by atoms with Gasteiger partial charge < -0.3 is 20.1 Å². The van der Waals surface area contributed by atoms with Crippen LogP contribution in [0.15, 0.2) is 48.8 Å². The first-order chi connectivity index (χ1) is 15.6. The Bertz CT molecular complexity index is 896. The van der Waals surface area contributed by atoms with E-state index >= 15 is 0 Å². The summed E-state index contributed by atoms with van der Waals surface area (Å²) in [6, 6.07) is 9.36. The molecule has 1 amide bonds. The molecule has 1 aliphatic rings. The molecule has 1 aliphatic heterocycles. The molecule has 1 aromatic heterocycles. The Morgan fingerprint density at radius 3 is 2.47 bits per heavy atom. The number of nitrogens with zero attached hydrogens (tertiary/aromatic N) is 4. The molecule has 32 heavy (non-hydrogen) atoms. The van der Waals surface area contributed by atoms with Crippen LogP contribution in [-0.4, -0.2) is 83.8 Å². The summed E-state index contributed by atoms with van der Waals surface area (Å²) < 4.78 is 4.96. The van der Waals surface area contributed by atoms with Gasteiger partial charge in [-0.1, -0.05) is 42.5 Å². The molecule has 9 nitrogen and oxygen atoms in total. The number of hydrogen-bond donors (Lipinski definition) is 2. The lowest BCUT2D eigenvalue weighted by Crippen LogP contribution is -2.54. The molecule has 2 N–H and O–H groups in total. The van der Waals surface area contributed by atoms with E-state index in [1.165, 1.54) is 12.4 Å². The molecule has 9 heteroatoms. The number of esters is 1. The van der Waals surface area contributed by atoms with Gasteiger partial charge in [-0.2, -0.15) is 0 Å². The van der Waals surface area contributed by atoms with Crippen LogP contribution in [0.25, 0.3) is 6.08 Å². The summed E-state index contributed by atoms with van der Waals surface area (Å²) in [6.07, 6.45) is 6.77. The average Bonchev–Trinajstić information content (AvgIpc) is 2.84. The van der Waals surface area contributed by atoms with Gasteiger partial charge in [-0.05, 0) is 12.5 Å². The van der Waals surface area contributed by atoms with E-state index < -0.39 is 12.0 Å². The first-order valence-corrected chi connectivity index (χ1v) is 10.7. The number of benzene rings is 1. The average molecular weight is 440 g/mol. The fourth-order valence-corrected chi connectivity index (χ4v) is 3.43. The number of amides is 1. The highest BCUT2D eigenvalue weighted by atomic mass is 16.5. The van der Waals surface area contributed by atoms with E-state index in [4.69, 9.17) is 9.84 Å². The van der Waals surface area contributed by atoms with Crippen molar-refractivity contribution in [3.05, 3.63) is 59.9 Å². The Morgan fingerprint density at radius 2 is 1.84 bits per heavy atom. The highest BCUT2D eigenvalue weighted by molar-refractivity contribution is 5.88. The van der Waals surface area contributed by atoms with Crippen molar-refractivity contribution >= 4 is 23.9 Å². The molecule has 0 radical (unpaired) electrons. The zero-order valence-corrected chi connectivity index (χ0v) is 18.2. The summed E-state index contributed by atoms with van der Waals surface area (Å²) in [7, 11) is 0. The van der Waals surface area contributed by atoms with Crippen LogP contribution in [0.2, 0.25) is 0 Å². The Morgan fingerprint density at radius 1 is 1.16 bits per heavy atom. The Kier molecular flexibility index (Phi) is 8.70. The highest BCUT2D eigenvalue weighted by Gasteiger charge is 2.28. The van der Waals surface area contributed by atoms with Gasteiger partial charge in [0.2, 0.25) is 11.9 Å². The molecule has 2 heterocycles. The van der Waals surface area contributed by atoms with Gasteiger partial charge in [-0.15, -0.1) is 0 Å². The maximum atomic E-state index is 12.7. The number of rotatable bonds is 9. The molecule has 0 bridgehead atoms. The number of aromatic nitrogens is 2. The summed E-state index contributed by atoms with van der Waals surface area (Å²) in [6.45, 7) is 4.72. The van der Waals surface area contributed by atoms with E-state index in [-0.39, 0.29) is 19.1 Å². The summed E-state index contributed by atoms with van der Waals surface area (Å²) in [5.41, 5.74) is 1.34. The van der Waals surface area contributed by atoms with Crippen LogP contribution in [0, 0.1) is 0 Å². The standard InChI is InChI=1S/C23H29N5O4/c1-2-32-22(31)19-16-25-23(26-17-19)28-13-11-27(12-14-28)20(21(30)24-10-15-29)9-8-18-6-4-3-5-7-18/h3-9,16-17,20,29H,2,10-15H2,1H3,(H,24,30). The molecule has 0 saturated carbocycles. The van der Waals surface area contributed by atoms with E-state index in [9.17, 15) is 9.59 Å². The van der Waals surface area contributed by atoms with Gasteiger partial charge in [0.1, 0.15) is 6.04 Å². The Balaban J connectivity index is 1.64. The van der Waals surface area contributed by atoms with Crippen molar-refractivity contribution in [1.82, 2.24) is 20.2 Å². The SMILES string of the molecule is CCOC(=O)c1cnc(N2CCN(C(C=Cc3ccccc3)C(=O)NCCO)CC2)nc1. The van der Waals surface area contributed by atoms with Crippen LogP contribution in [0.4, 0.5) is 5.95 Å². The van der Waals surface area contributed by atoms with E-state index in [1.807, 2.05) is 47.4 Å². The van der Waals surface area contributed by atoms with Crippen molar-refractivity contribution in [2.45, 2.75) is 13.0 Å². The van der Waals surface area contributed by atoms with Crippen LogP contribution in [0.1, 0.15) is 22.8 Å². The van der Waals surface area contributed by atoms with Crippen LogP contribution < -0.4 is 10.2 Å². The predicted octanol–water partition coefficient (Wildman–Crippen LogP) is 0.966.